The van der Waals surface area contributed by atoms with Gasteiger partial charge in [0.1, 0.15) is 10.8 Å². The highest BCUT2D eigenvalue weighted by Crippen LogP contribution is 2.40. The molecule has 2 fully saturated rings. The maximum absolute atomic E-state index is 12.3. The van der Waals surface area contributed by atoms with Crippen molar-refractivity contribution >= 4 is 53.5 Å². The summed E-state index contributed by atoms with van der Waals surface area (Å²) in [5.41, 5.74) is 3.56. The van der Waals surface area contributed by atoms with E-state index in [9.17, 15) is 9.59 Å². The molecule has 33 heavy (non-hydrogen) atoms. The number of rotatable bonds is 4. The largest absolute Gasteiger partial charge is 0.353 e. The summed E-state index contributed by atoms with van der Waals surface area (Å²) in [5, 5.41) is 3.33. The van der Waals surface area contributed by atoms with Crippen molar-refractivity contribution < 1.29 is 9.59 Å². The van der Waals surface area contributed by atoms with Gasteiger partial charge in [0, 0.05) is 51.9 Å². The number of pyridine rings is 1. The zero-order valence-corrected chi connectivity index (χ0v) is 20.4. The molecule has 1 aromatic carbocycles. The summed E-state index contributed by atoms with van der Waals surface area (Å²) < 4.78 is 0. The summed E-state index contributed by atoms with van der Waals surface area (Å²) in [7, 11) is 0. The summed E-state index contributed by atoms with van der Waals surface area (Å²) in [4.78, 5) is 34.9. The van der Waals surface area contributed by atoms with E-state index in [1.54, 1.807) is 12.3 Å². The van der Waals surface area contributed by atoms with Gasteiger partial charge in [0.2, 0.25) is 11.8 Å². The van der Waals surface area contributed by atoms with Gasteiger partial charge in [-0.3, -0.25) is 24.7 Å². The number of hydrogen-bond acceptors (Lipinski definition) is 7. The number of thiol groups is 1. The zero-order valence-electron chi connectivity index (χ0n) is 18.0. The number of fused-ring (bicyclic) bond motifs is 1. The van der Waals surface area contributed by atoms with E-state index in [1.807, 2.05) is 0 Å². The number of halogens is 2. The number of aromatic nitrogens is 1. The van der Waals surface area contributed by atoms with Crippen LogP contribution in [-0.4, -0.2) is 58.8 Å². The average molecular weight is 506 g/mol. The highest BCUT2D eigenvalue weighted by Gasteiger charge is 2.39. The topological polar surface area (TPSA) is 68.8 Å². The average Bonchev–Trinajstić information content (AvgIpc) is 3.12. The van der Waals surface area contributed by atoms with Crippen molar-refractivity contribution in [3.63, 3.8) is 0 Å². The first-order valence-corrected chi connectivity index (χ1v) is 12.3. The maximum Gasteiger partial charge on any atom is 0.243 e. The van der Waals surface area contributed by atoms with Crippen molar-refractivity contribution in [1.29, 1.82) is 0 Å². The third-order valence-corrected chi connectivity index (χ3v) is 8.03. The minimum Gasteiger partial charge on any atom is -0.353 e. The van der Waals surface area contributed by atoms with Crippen LogP contribution in [0.3, 0.4) is 0 Å². The van der Waals surface area contributed by atoms with Crippen LogP contribution in [0.5, 0.6) is 0 Å². The molecule has 0 aliphatic carbocycles. The molecule has 10 heteroatoms. The number of imide groups is 1. The third kappa shape index (κ3) is 4.59. The Kier molecular flexibility index (Phi) is 6.55. The molecule has 0 radical (unpaired) electrons. The molecule has 1 aromatic heterocycles. The van der Waals surface area contributed by atoms with Gasteiger partial charge in [-0.05, 0) is 29.2 Å². The van der Waals surface area contributed by atoms with E-state index in [1.165, 1.54) is 11.1 Å². The number of anilines is 1. The van der Waals surface area contributed by atoms with Crippen LogP contribution in [0.2, 0.25) is 10.0 Å². The molecule has 5 rings (SSSR count). The summed E-state index contributed by atoms with van der Waals surface area (Å²) >= 11 is 17.3. The molecule has 2 amide bonds. The second kappa shape index (κ2) is 9.43. The number of nitrogens with one attached hydrogen (secondary N) is 1. The Morgan fingerprint density at radius 2 is 1.91 bits per heavy atom. The van der Waals surface area contributed by atoms with Crippen LogP contribution < -0.4 is 10.2 Å². The Hall–Kier alpha value is -1.84. The lowest BCUT2D eigenvalue weighted by atomic mass is 10.0. The molecule has 2 aromatic rings. The normalized spacial score (nSPS) is 24.2. The molecule has 7 nitrogen and oxygen atoms in total. The van der Waals surface area contributed by atoms with E-state index in [2.05, 4.69) is 43.2 Å². The van der Waals surface area contributed by atoms with E-state index in [0.29, 0.717) is 29.4 Å². The van der Waals surface area contributed by atoms with E-state index >= 15 is 0 Å². The van der Waals surface area contributed by atoms with Crippen LogP contribution in [0.25, 0.3) is 0 Å². The van der Waals surface area contributed by atoms with Crippen molar-refractivity contribution in [2.45, 2.75) is 37.3 Å². The van der Waals surface area contributed by atoms with Gasteiger partial charge >= 0.3 is 0 Å². The van der Waals surface area contributed by atoms with Gasteiger partial charge in [-0.15, -0.1) is 0 Å². The van der Waals surface area contributed by atoms with Crippen molar-refractivity contribution in [2.75, 3.05) is 31.1 Å². The monoisotopic (exact) mass is 505 g/mol. The lowest BCUT2D eigenvalue weighted by molar-refractivity contribution is -0.137. The molecule has 4 heterocycles. The van der Waals surface area contributed by atoms with Crippen molar-refractivity contribution in [3.05, 3.63) is 57.2 Å². The van der Waals surface area contributed by atoms with Crippen molar-refractivity contribution in [2.24, 2.45) is 0 Å². The molecular weight excluding hydrogens is 481 g/mol. The molecule has 2 atom stereocenters. The quantitative estimate of drug-likeness (QED) is 0.490. The number of hydrogen-bond donors (Lipinski definition) is 2. The molecule has 1 N–H and O–H groups in total. The first kappa shape index (κ1) is 22.9. The zero-order chi connectivity index (χ0) is 23.1. The van der Waals surface area contributed by atoms with Crippen LogP contribution in [0, 0.1) is 0 Å². The lowest BCUT2D eigenvalue weighted by Crippen LogP contribution is -2.51. The van der Waals surface area contributed by atoms with E-state index < -0.39 is 0 Å². The molecule has 0 bridgehead atoms. The van der Waals surface area contributed by atoms with Gasteiger partial charge in [-0.1, -0.05) is 41.4 Å². The van der Waals surface area contributed by atoms with Crippen molar-refractivity contribution in [3.8, 4) is 0 Å². The van der Waals surface area contributed by atoms with E-state index in [0.717, 1.165) is 44.1 Å². The van der Waals surface area contributed by atoms with E-state index in [-0.39, 0.29) is 23.2 Å². The number of nitrogens with zero attached hydrogens (tertiary/aromatic N) is 4. The van der Waals surface area contributed by atoms with Gasteiger partial charge in [0.25, 0.3) is 0 Å². The number of benzene rings is 1. The lowest BCUT2D eigenvalue weighted by Gasteiger charge is -2.36. The summed E-state index contributed by atoms with van der Waals surface area (Å²) in [6.07, 6.45) is 2.60. The van der Waals surface area contributed by atoms with Crippen LogP contribution in [-0.2, 0) is 22.7 Å². The minimum atomic E-state index is -0.318. The fraction of sp³-hybridized carbons (Fsp3) is 0.435. The standard InChI is InChI=1S/C23H25Cl2N5O2S/c24-17-5-6-26-21(20(17)25)29-9-7-28(8-10-29)12-14-1-2-15-13-30(23(33)16(15)11-14)18-3-4-19(31)27-22(18)32/h1-2,5-6,11,18,23,33H,3-4,7-10,12-13H2,(H,27,31,32). The predicted molar refractivity (Wildman–Crippen MR) is 132 cm³/mol. The summed E-state index contributed by atoms with van der Waals surface area (Å²) in [5.74, 6) is 0.331. The Labute approximate surface area is 208 Å². The van der Waals surface area contributed by atoms with Crippen LogP contribution in [0.4, 0.5) is 5.82 Å². The molecular formula is C23H25Cl2N5O2S. The third-order valence-electron chi connectivity index (χ3n) is 6.67. The van der Waals surface area contributed by atoms with Gasteiger partial charge in [0.05, 0.1) is 16.4 Å². The Morgan fingerprint density at radius 1 is 1.12 bits per heavy atom. The second-order valence-electron chi connectivity index (χ2n) is 8.74. The minimum absolute atomic E-state index is 0.156. The predicted octanol–water partition coefficient (Wildman–Crippen LogP) is 3.26. The molecule has 174 valence electrons. The SMILES string of the molecule is O=C1CCC(N2Cc3ccc(CN4CCN(c5nccc(Cl)c5Cl)CC4)cc3C2S)C(=O)N1. The molecule has 0 saturated carbocycles. The first-order chi connectivity index (χ1) is 15.9. The highest BCUT2D eigenvalue weighted by molar-refractivity contribution is 7.80. The molecule has 2 saturated heterocycles. The van der Waals surface area contributed by atoms with Gasteiger partial charge in [-0.25, -0.2) is 4.98 Å². The fourth-order valence-electron chi connectivity index (χ4n) is 4.87. The van der Waals surface area contributed by atoms with Gasteiger partial charge in [0.15, 0.2) is 0 Å². The molecule has 0 spiro atoms. The number of piperazine rings is 1. The van der Waals surface area contributed by atoms with Crippen LogP contribution >= 0.6 is 35.8 Å². The fourth-order valence-corrected chi connectivity index (χ4v) is 5.73. The maximum atomic E-state index is 12.3. The number of piperidine rings is 1. The highest BCUT2D eigenvalue weighted by atomic mass is 35.5. The summed E-state index contributed by atoms with van der Waals surface area (Å²) in [6.45, 7) is 4.97. The van der Waals surface area contributed by atoms with Gasteiger partial charge in [-0.2, -0.15) is 12.6 Å². The number of amides is 2. The second-order valence-corrected chi connectivity index (χ2v) is 10.0. The van der Waals surface area contributed by atoms with Crippen molar-refractivity contribution in [1.82, 2.24) is 20.1 Å². The molecule has 3 aliphatic rings. The number of carbonyl (C=O) groups is 2. The Balaban J connectivity index is 1.22. The molecule has 2 unspecified atom stereocenters. The first-order valence-electron chi connectivity index (χ1n) is 11.1. The Bertz CT molecular complexity index is 1090. The number of carbonyl (C=O) groups excluding carboxylic acids is 2. The Morgan fingerprint density at radius 3 is 2.67 bits per heavy atom. The smallest absolute Gasteiger partial charge is 0.243 e. The summed E-state index contributed by atoms with van der Waals surface area (Å²) in [6, 6.07) is 7.90. The van der Waals surface area contributed by atoms with Crippen LogP contribution in [0.1, 0.15) is 34.9 Å². The molecule has 3 aliphatic heterocycles. The van der Waals surface area contributed by atoms with Crippen LogP contribution in [0.15, 0.2) is 30.5 Å². The van der Waals surface area contributed by atoms with E-state index in [4.69, 9.17) is 35.8 Å². The van der Waals surface area contributed by atoms with Gasteiger partial charge < -0.3 is 4.90 Å².